The van der Waals surface area contributed by atoms with E-state index < -0.39 is 0 Å². The number of nitrogens with two attached hydrogens (primary N) is 1. The summed E-state index contributed by atoms with van der Waals surface area (Å²) in [5, 5.41) is 0. The van der Waals surface area contributed by atoms with Gasteiger partial charge in [-0.15, -0.1) is 0 Å². The molecule has 1 aliphatic rings. The Labute approximate surface area is 70.4 Å². The molecule has 0 aromatic heterocycles. The fraction of sp³-hybridized carbons (Fsp3) is 1.00. The van der Waals surface area contributed by atoms with Gasteiger partial charge < -0.3 is 5.73 Å². The molecule has 1 nitrogen and oxygen atoms in total. The number of hydrogen-bond donors (Lipinski definition) is 1. The Morgan fingerprint density at radius 2 is 2.18 bits per heavy atom. The highest BCUT2D eigenvalue weighted by Crippen LogP contribution is 2.37. The third-order valence-corrected chi connectivity index (χ3v) is 3.40. The molecule has 1 fully saturated rings. The molecule has 11 heavy (non-hydrogen) atoms. The fourth-order valence-electron chi connectivity index (χ4n) is 2.41. The van der Waals surface area contributed by atoms with Crippen molar-refractivity contribution in [2.45, 2.75) is 39.5 Å². The largest absolute Gasteiger partial charge is 0.330 e. The van der Waals surface area contributed by atoms with Crippen LogP contribution >= 0.6 is 0 Å². The van der Waals surface area contributed by atoms with Crippen LogP contribution < -0.4 is 5.73 Å². The van der Waals surface area contributed by atoms with E-state index in [9.17, 15) is 0 Å². The van der Waals surface area contributed by atoms with E-state index in [0.717, 1.165) is 24.3 Å². The van der Waals surface area contributed by atoms with Gasteiger partial charge in [0.25, 0.3) is 0 Å². The van der Waals surface area contributed by atoms with Crippen molar-refractivity contribution in [3.05, 3.63) is 0 Å². The molecule has 1 heteroatoms. The first kappa shape index (κ1) is 9.05. The molecule has 3 unspecified atom stereocenters. The molecule has 0 saturated heterocycles. The first-order chi connectivity index (χ1) is 5.29. The van der Waals surface area contributed by atoms with E-state index in [2.05, 4.69) is 13.8 Å². The number of hydrogen-bond acceptors (Lipinski definition) is 1. The maximum absolute atomic E-state index is 5.72. The van der Waals surface area contributed by atoms with E-state index in [1.807, 2.05) is 0 Å². The van der Waals surface area contributed by atoms with E-state index in [1.165, 1.54) is 25.7 Å². The quantitative estimate of drug-likeness (QED) is 0.665. The van der Waals surface area contributed by atoms with Gasteiger partial charge >= 0.3 is 0 Å². The minimum Gasteiger partial charge on any atom is -0.330 e. The molecule has 0 aromatic carbocycles. The second-order valence-electron chi connectivity index (χ2n) is 3.98. The molecule has 0 aliphatic heterocycles. The van der Waals surface area contributed by atoms with Crippen molar-refractivity contribution in [2.75, 3.05) is 6.54 Å². The smallest absolute Gasteiger partial charge is 0.00461 e. The lowest BCUT2D eigenvalue weighted by molar-refractivity contribution is 0.277. The van der Waals surface area contributed by atoms with Gasteiger partial charge in [0.2, 0.25) is 0 Å². The van der Waals surface area contributed by atoms with E-state index in [0.29, 0.717) is 0 Å². The summed E-state index contributed by atoms with van der Waals surface area (Å²) in [5.74, 6) is 2.67. The highest BCUT2D eigenvalue weighted by atomic mass is 14.6. The van der Waals surface area contributed by atoms with Gasteiger partial charge in [-0.2, -0.15) is 0 Å². The molecule has 1 aliphatic carbocycles. The van der Waals surface area contributed by atoms with Crippen LogP contribution in [0.5, 0.6) is 0 Å². The summed E-state index contributed by atoms with van der Waals surface area (Å²) < 4.78 is 0. The Morgan fingerprint density at radius 1 is 1.45 bits per heavy atom. The first-order valence-electron chi connectivity index (χ1n) is 4.99. The molecule has 0 bridgehead atoms. The molecule has 66 valence electrons. The molecule has 3 atom stereocenters. The van der Waals surface area contributed by atoms with Crippen LogP contribution in [0.15, 0.2) is 0 Å². The predicted octanol–water partition coefficient (Wildman–Crippen LogP) is 2.41. The van der Waals surface area contributed by atoms with Gasteiger partial charge in [-0.25, -0.2) is 0 Å². The fourth-order valence-corrected chi connectivity index (χ4v) is 2.41. The van der Waals surface area contributed by atoms with Gasteiger partial charge in [-0.05, 0) is 37.1 Å². The third kappa shape index (κ3) is 1.96. The zero-order valence-electron chi connectivity index (χ0n) is 7.84. The standard InChI is InChI=1S/C10H21N/c1-3-8(2)10-6-4-5-9(10)7-11/h8-10H,3-7,11H2,1-2H3. The van der Waals surface area contributed by atoms with Crippen LogP contribution in [0.4, 0.5) is 0 Å². The lowest BCUT2D eigenvalue weighted by Crippen LogP contribution is -2.23. The van der Waals surface area contributed by atoms with Crippen LogP contribution in [-0.2, 0) is 0 Å². The van der Waals surface area contributed by atoms with Gasteiger partial charge in [0.05, 0.1) is 0 Å². The monoisotopic (exact) mass is 155 g/mol. The van der Waals surface area contributed by atoms with Crippen molar-refractivity contribution in [1.82, 2.24) is 0 Å². The second kappa shape index (κ2) is 4.10. The second-order valence-corrected chi connectivity index (χ2v) is 3.98. The van der Waals surface area contributed by atoms with Crippen molar-refractivity contribution in [3.8, 4) is 0 Å². The van der Waals surface area contributed by atoms with Gasteiger partial charge in [0.1, 0.15) is 0 Å². The van der Waals surface area contributed by atoms with Crippen molar-refractivity contribution >= 4 is 0 Å². The van der Waals surface area contributed by atoms with Crippen LogP contribution in [0, 0.1) is 17.8 Å². The molecule has 0 amide bonds. The van der Waals surface area contributed by atoms with Gasteiger partial charge in [0, 0.05) is 0 Å². The zero-order valence-corrected chi connectivity index (χ0v) is 7.84. The van der Waals surface area contributed by atoms with Crippen LogP contribution in [0.3, 0.4) is 0 Å². The minimum absolute atomic E-state index is 0.838. The van der Waals surface area contributed by atoms with E-state index in [-0.39, 0.29) is 0 Å². The highest BCUT2D eigenvalue weighted by molar-refractivity contribution is 4.80. The Kier molecular flexibility index (Phi) is 3.38. The molecule has 0 heterocycles. The molecular formula is C10H21N. The highest BCUT2D eigenvalue weighted by Gasteiger charge is 2.29. The maximum atomic E-state index is 5.72. The average molecular weight is 155 g/mol. The lowest BCUT2D eigenvalue weighted by Gasteiger charge is -2.23. The Hall–Kier alpha value is -0.0400. The van der Waals surface area contributed by atoms with E-state index in [1.54, 1.807) is 0 Å². The Morgan fingerprint density at radius 3 is 2.73 bits per heavy atom. The zero-order chi connectivity index (χ0) is 8.27. The van der Waals surface area contributed by atoms with Crippen molar-refractivity contribution in [2.24, 2.45) is 23.5 Å². The Bertz CT molecular complexity index is 111. The summed E-state index contributed by atoms with van der Waals surface area (Å²) in [6, 6.07) is 0. The third-order valence-electron chi connectivity index (χ3n) is 3.40. The summed E-state index contributed by atoms with van der Waals surface area (Å²) in [6.07, 6.45) is 5.54. The maximum Gasteiger partial charge on any atom is -0.00461 e. The van der Waals surface area contributed by atoms with Crippen LogP contribution in [0.2, 0.25) is 0 Å². The van der Waals surface area contributed by atoms with E-state index >= 15 is 0 Å². The first-order valence-corrected chi connectivity index (χ1v) is 4.99. The van der Waals surface area contributed by atoms with Crippen molar-refractivity contribution in [3.63, 3.8) is 0 Å². The molecule has 1 saturated carbocycles. The van der Waals surface area contributed by atoms with Gasteiger partial charge in [-0.1, -0.05) is 26.7 Å². The topological polar surface area (TPSA) is 26.0 Å². The van der Waals surface area contributed by atoms with Gasteiger partial charge in [-0.3, -0.25) is 0 Å². The average Bonchev–Trinajstić information content (AvgIpc) is 2.50. The molecule has 0 radical (unpaired) electrons. The predicted molar refractivity (Wildman–Crippen MR) is 49.3 cm³/mol. The normalized spacial score (nSPS) is 34.1. The van der Waals surface area contributed by atoms with Crippen molar-refractivity contribution < 1.29 is 0 Å². The molecular weight excluding hydrogens is 134 g/mol. The van der Waals surface area contributed by atoms with Crippen LogP contribution in [-0.4, -0.2) is 6.54 Å². The van der Waals surface area contributed by atoms with Crippen molar-refractivity contribution in [1.29, 1.82) is 0 Å². The SMILES string of the molecule is CCC(C)C1CCCC1CN. The Balaban J connectivity index is 2.42. The minimum atomic E-state index is 0.838. The van der Waals surface area contributed by atoms with Crippen LogP contribution in [0.25, 0.3) is 0 Å². The molecule has 0 aromatic rings. The molecule has 0 spiro atoms. The van der Waals surface area contributed by atoms with Crippen LogP contribution in [0.1, 0.15) is 39.5 Å². The number of rotatable bonds is 3. The summed E-state index contributed by atoms with van der Waals surface area (Å²) in [6.45, 7) is 5.57. The van der Waals surface area contributed by atoms with Gasteiger partial charge in [0.15, 0.2) is 0 Å². The summed E-state index contributed by atoms with van der Waals surface area (Å²) >= 11 is 0. The molecule has 2 N–H and O–H groups in total. The summed E-state index contributed by atoms with van der Waals surface area (Å²) in [7, 11) is 0. The summed E-state index contributed by atoms with van der Waals surface area (Å²) in [5.41, 5.74) is 5.72. The van der Waals surface area contributed by atoms with E-state index in [4.69, 9.17) is 5.73 Å². The summed E-state index contributed by atoms with van der Waals surface area (Å²) in [4.78, 5) is 0. The lowest BCUT2D eigenvalue weighted by atomic mass is 9.83. The molecule has 1 rings (SSSR count).